The molecule has 8 nitrogen and oxygen atoms in total. The lowest BCUT2D eigenvalue weighted by atomic mass is 9.99. The van der Waals surface area contributed by atoms with Gasteiger partial charge < -0.3 is 24.8 Å². The zero-order chi connectivity index (χ0) is 15.4. The number of hydrogen-bond donors (Lipinski definition) is 4. The first-order chi connectivity index (χ1) is 10.0. The van der Waals surface area contributed by atoms with Crippen LogP contribution in [-0.2, 0) is 4.74 Å². The predicted molar refractivity (Wildman–Crippen MR) is 67.9 cm³/mol. The lowest BCUT2D eigenvalue weighted by Gasteiger charge is -2.34. The summed E-state index contributed by atoms with van der Waals surface area (Å²) in [5.41, 5.74) is 0.105. The van der Waals surface area contributed by atoms with Crippen molar-refractivity contribution in [2.75, 3.05) is 19.8 Å². The number of ether oxygens (including phenoxy) is 2. The van der Waals surface area contributed by atoms with Crippen molar-refractivity contribution in [2.45, 2.75) is 31.3 Å². The largest absolute Gasteiger partial charge is 0.479 e. The Balaban J connectivity index is 2.23. The summed E-state index contributed by atoms with van der Waals surface area (Å²) in [6.07, 6.45) is -3.28. The smallest absolute Gasteiger partial charge is 0.225 e. The first-order valence-corrected chi connectivity index (χ1v) is 6.38. The van der Waals surface area contributed by atoms with Crippen molar-refractivity contribution in [2.24, 2.45) is 4.99 Å². The lowest BCUT2D eigenvalue weighted by molar-refractivity contribution is -0.156. The zero-order valence-corrected chi connectivity index (χ0v) is 11.1. The molecule has 0 radical (unpaired) electrons. The van der Waals surface area contributed by atoms with Gasteiger partial charge in [0.05, 0.1) is 21.2 Å². The number of aliphatic hydroxyl groups is 3. The first kappa shape index (κ1) is 13.5. The van der Waals surface area contributed by atoms with E-state index in [2.05, 4.69) is 15.0 Å². The number of nitrogens with zero attached hydrogens (tertiary/aromatic N) is 2. The number of hydrogen-bond acceptors (Lipinski definition) is 7. The fraction of sp³-hybridized carbons (Fsp3) is 0.667. The van der Waals surface area contributed by atoms with E-state index in [1.54, 1.807) is 6.92 Å². The first-order valence-electron chi connectivity index (χ1n) is 6.88. The molecule has 1 fully saturated rings. The molecule has 1 saturated heterocycles. The summed E-state index contributed by atoms with van der Waals surface area (Å²) < 4.78 is 18.1. The molecule has 0 bridgehead atoms. The van der Waals surface area contributed by atoms with Crippen LogP contribution in [0.2, 0.25) is 0 Å². The van der Waals surface area contributed by atoms with E-state index in [1.807, 2.05) is 0 Å². The van der Waals surface area contributed by atoms with Gasteiger partial charge in [-0.05, 0) is 6.92 Å². The average Bonchev–Trinajstić information content (AvgIpc) is 2.44. The monoisotopic (exact) mass is 286 g/mol. The van der Waals surface area contributed by atoms with E-state index in [-0.39, 0.29) is 25.0 Å². The van der Waals surface area contributed by atoms with Gasteiger partial charge >= 0.3 is 0 Å². The van der Waals surface area contributed by atoms with Gasteiger partial charge in [-0.15, -0.1) is 0 Å². The quantitative estimate of drug-likeness (QED) is 0.518. The Morgan fingerprint density at radius 3 is 3.10 bits per heavy atom. The molecule has 1 aromatic rings. The van der Waals surface area contributed by atoms with Crippen LogP contribution in [0.5, 0.6) is 5.88 Å². The topological polar surface area (TPSA) is 120 Å². The summed E-state index contributed by atoms with van der Waals surface area (Å²) in [4.78, 5) is 10.8. The summed E-state index contributed by atoms with van der Waals surface area (Å²) in [7, 11) is 0. The van der Waals surface area contributed by atoms with E-state index in [9.17, 15) is 10.2 Å². The highest BCUT2D eigenvalue weighted by molar-refractivity contribution is 5.04. The molecule has 1 aliphatic heterocycles. The molecule has 2 rings (SSSR count). The Kier molecular flexibility index (Phi) is 4.59. The van der Waals surface area contributed by atoms with E-state index in [0.29, 0.717) is 12.5 Å². The molecule has 0 aliphatic carbocycles. The molecular formula is C12H19N3O5. The van der Waals surface area contributed by atoms with Gasteiger partial charge in [0.2, 0.25) is 5.62 Å². The summed E-state index contributed by atoms with van der Waals surface area (Å²) in [6, 6.07) is 0.662. The third-order valence-electron chi connectivity index (χ3n) is 2.98. The highest BCUT2D eigenvalue weighted by Gasteiger charge is 2.37. The van der Waals surface area contributed by atoms with Crippen LogP contribution in [0, 0.1) is 0 Å². The normalized spacial score (nSPS) is 32.0. The summed E-state index contributed by atoms with van der Waals surface area (Å²) in [5.74, 6) is 0.344. The van der Waals surface area contributed by atoms with E-state index < -0.39 is 24.4 Å². The minimum Gasteiger partial charge on any atom is -0.479 e. The number of aromatic amines is 1. The van der Waals surface area contributed by atoms with Crippen LogP contribution in [0.1, 0.15) is 8.29 Å². The third kappa shape index (κ3) is 3.34. The number of H-pyrrole nitrogens is 1. The second-order valence-electron chi connectivity index (χ2n) is 4.36. The van der Waals surface area contributed by atoms with Crippen molar-refractivity contribution in [1.82, 2.24) is 9.97 Å². The zero-order valence-electron chi connectivity index (χ0n) is 12.1. The van der Waals surface area contributed by atoms with E-state index >= 15 is 0 Å². The second kappa shape index (κ2) is 6.80. The van der Waals surface area contributed by atoms with Crippen molar-refractivity contribution >= 4 is 0 Å². The SMILES string of the molecule is [2H]c1cc(OCC)[nH]c(=N[C@H]2CO[C@H](CO)[C@H](O)[C@@H]2O)n1. The van der Waals surface area contributed by atoms with Crippen LogP contribution in [0.15, 0.2) is 17.2 Å². The van der Waals surface area contributed by atoms with Gasteiger partial charge in [-0.25, -0.2) is 9.98 Å². The lowest BCUT2D eigenvalue weighted by Crippen LogP contribution is -2.54. The molecule has 0 unspecified atom stereocenters. The van der Waals surface area contributed by atoms with Gasteiger partial charge in [0.25, 0.3) is 0 Å². The Morgan fingerprint density at radius 2 is 2.40 bits per heavy atom. The van der Waals surface area contributed by atoms with Crippen LogP contribution >= 0.6 is 0 Å². The van der Waals surface area contributed by atoms with Gasteiger partial charge in [-0.1, -0.05) is 0 Å². The van der Waals surface area contributed by atoms with E-state index in [1.165, 1.54) is 6.07 Å². The van der Waals surface area contributed by atoms with Gasteiger partial charge in [-0.2, -0.15) is 0 Å². The molecule has 0 spiro atoms. The van der Waals surface area contributed by atoms with Crippen LogP contribution < -0.4 is 10.4 Å². The highest BCUT2D eigenvalue weighted by atomic mass is 16.5. The number of aliphatic hydroxyl groups excluding tert-OH is 3. The summed E-state index contributed by atoms with van der Waals surface area (Å²) in [5, 5.41) is 28.8. The fourth-order valence-electron chi connectivity index (χ4n) is 1.92. The molecular weight excluding hydrogens is 266 g/mol. The van der Waals surface area contributed by atoms with E-state index in [4.69, 9.17) is 16.0 Å². The predicted octanol–water partition coefficient (Wildman–Crippen LogP) is -1.81. The Bertz CT molecular complexity index is 538. The molecule has 4 atom stereocenters. The molecule has 0 saturated carbocycles. The van der Waals surface area contributed by atoms with E-state index in [0.717, 1.165) is 0 Å². The maximum absolute atomic E-state index is 9.99. The third-order valence-corrected chi connectivity index (χ3v) is 2.98. The standard InChI is InChI=1S/C12H19N3O5/c1-2-19-9-3-4-13-12(15-9)14-7-6-20-8(5-16)11(18)10(7)17/h3-4,7-8,10-11,16-18H,2,5-6H2,1H3,(H,13,14,15)/t7-,8+,10+,11-/m0/s1/i4D. The van der Waals surface area contributed by atoms with Crippen molar-refractivity contribution in [1.29, 1.82) is 0 Å². The van der Waals surface area contributed by atoms with Crippen LogP contribution in [0.25, 0.3) is 0 Å². The molecule has 112 valence electrons. The second-order valence-corrected chi connectivity index (χ2v) is 4.36. The van der Waals surface area contributed by atoms with Crippen molar-refractivity contribution in [3.63, 3.8) is 0 Å². The fourth-order valence-corrected chi connectivity index (χ4v) is 1.92. The molecule has 8 heteroatoms. The average molecular weight is 286 g/mol. The van der Waals surface area contributed by atoms with Gasteiger partial charge in [-0.3, -0.25) is 4.98 Å². The minimum atomic E-state index is -1.23. The number of aromatic nitrogens is 2. The van der Waals surface area contributed by atoms with Crippen molar-refractivity contribution < 1.29 is 26.2 Å². The molecule has 4 N–H and O–H groups in total. The maximum Gasteiger partial charge on any atom is 0.225 e. The van der Waals surface area contributed by atoms with Crippen LogP contribution in [-0.4, -0.2) is 69.5 Å². The molecule has 0 aromatic carbocycles. The number of rotatable bonds is 4. The maximum atomic E-state index is 9.99. The highest BCUT2D eigenvalue weighted by Crippen LogP contribution is 2.17. The molecule has 1 aliphatic rings. The Morgan fingerprint density at radius 1 is 1.60 bits per heavy atom. The summed E-state index contributed by atoms with van der Waals surface area (Å²) in [6.45, 7) is 1.88. The van der Waals surface area contributed by atoms with Gasteiger partial charge in [0, 0.05) is 12.2 Å². The molecule has 0 amide bonds. The number of nitrogens with one attached hydrogen (secondary N) is 1. The van der Waals surface area contributed by atoms with Gasteiger partial charge in [0.15, 0.2) is 5.88 Å². The van der Waals surface area contributed by atoms with Crippen LogP contribution in [0.3, 0.4) is 0 Å². The Labute approximate surface area is 117 Å². The molecule has 20 heavy (non-hydrogen) atoms. The minimum absolute atomic E-state index is 0.0315. The molecule has 1 aromatic heterocycles. The van der Waals surface area contributed by atoms with Gasteiger partial charge in [0.1, 0.15) is 24.4 Å². The molecule has 2 heterocycles. The Hall–Kier alpha value is -1.48. The van der Waals surface area contributed by atoms with Crippen molar-refractivity contribution in [3.8, 4) is 5.88 Å². The summed E-state index contributed by atoms with van der Waals surface area (Å²) >= 11 is 0. The van der Waals surface area contributed by atoms with Crippen molar-refractivity contribution in [3.05, 3.63) is 17.9 Å². The van der Waals surface area contributed by atoms with Crippen LogP contribution in [0.4, 0.5) is 0 Å².